The topological polar surface area (TPSA) is 60.5 Å². The van der Waals surface area contributed by atoms with Gasteiger partial charge in [0.05, 0.1) is 7.11 Å². The first kappa shape index (κ1) is 22.3. The third-order valence-electron chi connectivity index (χ3n) is 4.57. The molecule has 168 valence electrons. The van der Waals surface area contributed by atoms with E-state index in [1.807, 2.05) is 0 Å². The first-order valence-electron chi connectivity index (χ1n) is 9.70. The second kappa shape index (κ2) is 9.74. The van der Waals surface area contributed by atoms with Gasteiger partial charge < -0.3 is 14.8 Å². The summed E-state index contributed by atoms with van der Waals surface area (Å²) in [5, 5.41) is 4.86. The summed E-state index contributed by atoms with van der Waals surface area (Å²) in [6.45, 7) is -0.0463. The fourth-order valence-corrected chi connectivity index (χ4v) is 3.81. The average molecular weight is 470 g/mol. The lowest BCUT2D eigenvalue weighted by molar-refractivity contribution is 0.102. The maximum Gasteiger partial charge on any atom is 0.275 e. The predicted octanol–water partition coefficient (Wildman–Crippen LogP) is 6.07. The molecule has 1 heterocycles. The van der Waals surface area contributed by atoms with Gasteiger partial charge in [0, 0.05) is 22.7 Å². The molecule has 5 nitrogen and oxygen atoms in total. The van der Waals surface area contributed by atoms with Gasteiger partial charge in [-0.25, -0.2) is 18.2 Å². The van der Waals surface area contributed by atoms with E-state index in [0.29, 0.717) is 33.3 Å². The Balaban J connectivity index is 1.47. The van der Waals surface area contributed by atoms with Crippen LogP contribution in [0.4, 0.5) is 18.9 Å². The Bertz CT molecular complexity index is 1270. The Labute approximate surface area is 191 Å². The second-order valence-electron chi connectivity index (χ2n) is 6.93. The lowest BCUT2D eigenvalue weighted by atomic mass is 10.2. The molecule has 1 amide bonds. The number of benzene rings is 3. The van der Waals surface area contributed by atoms with Crippen LogP contribution in [0.25, 0.3) is 10.6 Å². The number of anilines is 1. The summed E-state index contributed by atoms with van der Waals surface area (Å²) in [5.74, 6) is -1.39. The number of nitrogens with zero attached hydrogens (tertiary/aromatic N) is 1. The van der Waals surface area contributed by atoms with E-state index in [0.717, 1.165) is 6.07 Å². The highest BCUT2D eigenvalue weighted by Gasteiger charge is 2.15. The van der Waals surface area contributed by atoms with Crippen LogP contribution in [0.3, 0.4) is 0 Å². The summed E-state index contributed by atoms with van der Waals surface area (Å²) in [7, 11) is 1.47. The molecule has 4 rings (SSSR count). The van der Waals surface area contributed by atoms with Gasteiger partial charge in [0.2, 0.25) is 0 Å². The van der Waals surface area contributed by atoms with Crippen molar-refractivity contribution in [2.45, 2.75) is 6.61 Å². The average Bonchev–Trinajstić information content (AvgIpc) is 3.29. The number of nitrogens with one attached hydrogen (secondary N) is 1. The first-order chi connectivity index (χ1) is 15.9. The number of hydrogen-bond acceptors (Lipinski definition) is 5. The molecule has 0 atom stereocenters. The van der Waals surface area contributed by atoms with Crippen molar-refractivity contribution in [2.75, 3.05) is 12.4 Å². The molecule has 0 unspecified atom stereocenters. The quantitative estimate of drug-likeness (QED) is 0.356. The van der Waals surface area contributed by atoms with Crippen LogP contribution in [0.1, 0.15) is 16.1 Å². The summed E-state index contributed by atoms with van der Waals surface area (Å²) < 4.78 is 50.8. The van der Waals surface area contributed by atoms with Crippen molar-refractivity contribution >= 4 is 22.9 Å². The smallest absolute Gasteiger partial charge is 0.275 e. The predicted molar refractivity (Wildman–Crippen MR) is 119 cm³/mol. The fourth-order valence-electron chi connectivity index (χ4n) is 3.01. The molecule has 3 aromatic carbocycles. The molecule has 0 aliphatic heterocycles. The van der Waals surface area contributed by atoms with Gasteiger partial charge in [0.1, 0.15) is 34.8 Å². The normalized spacial score (nSPS) is 10.7. The number of hydrogen-bond donors (Lipinski definition) is 1. The van der Waals surface area contributed by atoms with Crippen molar-refractivity contribution < 1.29 is 27.4 Å². The van der Waals surface area contributed by atoms with Crippen LogP contribution in [0.15, 0.2) is 66.0 Å². The largest absolute Gasteiger partial charge is 0.493 e. The lowest BCUT2D eigenvalue weighted by Crippen LogP contribution is -2.12. The number of methoxy groups -OCH3 is 1. The van der Waals surface area contributed by atoms with E-state index in [-0.39, 0.29) is 12.3 Å². The van der Waals surface area contributed by atoms with Gasteiger partial charge in [0.25, 0.3) is 5.91 Å². The minimum atomic E-state index is -0.682. The minimum absolute atomic E-state index is 0.0463. The van der Waals surface area contributed by atoms with E-state index in [1.165, 1.54) is 54.8 Å². The zero-order valence-corrected chi connectivity index (χ0v) is 18.1. The van der Waals surface area contributed by atoms with Crippen molar-refractivity contribution in [1.29, 1.82) is 0 Å². The van der Waals surface area contributed by atoms with Crippen LogP contribution >= 0.6 is 11.3 Å². The molecular formula is C24H17F3N2O3S. The Hall–Kier alpha value is -3.85. The molecule has 0 radical (unpaired) electrons. The molecule has 1 aromatic heterocycles. The highest BCUT2D eigenvalue weighted by Crippen LogP contribution is 2.34. The van der Waals surface area contributed by atoms with Crippen molar-refractivity contribution in [3.05, 3.63) is 94.8 Å². The van der Waals surface area contributed by atoms with Crippen LogP contribution < -0.4 is 14.8 Å². The van der Waals surface area contributed by atoms with Crippen LogP contribution in [0.5, 0.6) is 11.5 Å². The van der Waals surface area contributed by atoms with Crippen molar-refractivity contribution in [2.24, 2.45) is 0 Å². The number of aromatic nitrogens is 1. The zero-order valence-electron chi connectivity index (χ0n) is 17.3. The van der Waals surface area contributed by atoms with Crippen LogP contribution in [-0.2, 0) is 6.61 Å². The molecule has 0 aliphatic carbocycles. The van der Waals surface area contributed by atoms with E-state index in [1.54, 1.807) is 23.6 Å². The molecule has 0 fully saturated rings. The summed E-state index contributed by atoms with van der Waals surface area (Å²) >= 11 is 1.27. The highest BCUT2D eigenvalue weighted by molar-refractivity contribution is 7.13. The molecule has 0 aliphatic rings. The fraction of sp³-hybridized carbons (Fsp3) is 0.0833. The van der Waals surface area contributed by atoms with E-state index >= 15 is 0 Å². The van der Waals surface area contributed by atoms with Crippen LogP contribution in [-0.4, -0.2) is 18.0 Å². The number of carbonyl (C=O) groups excluding carboxylic acids is 1. The van der Waals surface area contributed by atoms with Gasteiger partial charge in [-0.15, -0.1) is 11.3 Å². The molecule has 33 heavy (non-hydrogen) atoms. The van der Waals surface area contributed by atoms with Gasteiger partial charge in [-0.1, -0.05) is 0 Å². The maximum atomic E-state index is 13.4. The number of amides is 1. The van der Waals surface area contributed by atoms with E-state index < -0.39 is 23.4 Å². The monoisotopic (exact) mass is 470 g/mol. The molecule has 4 aromatic rings. The third kappa shape index (κ3) is 5.50. The first-order valence-corrected chi connectivity index (χ1v) is 10.6. The molecular weight excluding hydrogens is 453 g/mol. The maximum absolute atomic E-state index is 13.4. The number of ether oxygens (including phenoxy) is 2. The van der Waals surface area contributed by atoms with Gasteiger partial charge >= 0.3 is 0 Å². The van der Waals surface area contributed by atoms with E-state index in [2.05, 4.69) is 10.3 Å². The van der Waals surface area contributed by atoms with Gasteiger partial charge in [-0.2, -0.15) is 0 Å². The Morgan fingerprint density at radius 2 is 1.67 bits per heavy atom. The number of halogens is 3. The number of carbonyl (C=O) groups is 1. The summed E-state index contributed by atoms with van der Waals surface area (Å²) in [6.07, 6.45) is 0. The molecule has 0 bridgehead atoms. The van der Waals surface area contributed by atoms with Crippen molar-refractivity contribution in [3.63, 3.8) is 0 Å². The zero-order chi connectivity index (χ0) is 23.4. The summed E-state index contributed by atoms with van der Waals surface area (Å²) in [6, 6.07) is 13.7. The van der Waals surface area contributed by atoms with Crippen LogP contribution in [0, 0.1) is 17.5 Å². The van der Waals surface area contributed by atoms with E-state index in [4.69, 9.17) is 9.47 Å². The summed E-state index contributed by atoms with van der Waals surface area (Å²) in [5.41, 5.74) is 1.71. The minimum Gasteiger partial charge on any atom is -0.493 e. The van der Waals surface area contributed by atoms with Crippen LogP contribution in [0.2, 0.25) is 0 Å². The highest BCUT2D eigenvalue weighted by atomic mass is 32.1. The van der Waals surface area contributed by atoms with Gasteiger partial charge in [-0.05, 0) is 60.2 Å². The second-order valence-corrected chi connectivity index (χ2v) is 7.79. The molecule has 0 saturated carbocycles. The third-order valence-corrected chi connectivity index (χ3v) is 5.46. The van der Waals surface area contributed by atoms with Crippen molar-refractivity contribution in [3.8, 4) is 22.1 Å². The molecule has 0 spiro atoms. The molecule has 0 saturated heterocycles. The summed E-state index contributed by atoms with van der Waals surface area (Å²) in [4.78, 5) is 16.8. The SMILES string of the molecule is COc1cc(-c2nc(C(=O)Nc3ccc(F)cc3)cs2)ccc1OCc1cc(F)cc(F)c1. The molecule has 1 N–H and O–H groups in total. The number of thiazole rings is 1. The van der Waals surface area contributed by atoms with Gasteiger partial charge in [0.15, 0.2) is 11.5 Å². The Morgan fingerprint density at radius 3 is 2.36 bits per heavy atom. The number of rotatable bonds is 7. The molecule has 9 heteroatoms. The lowest BCUT2D eigenvalue weighted by Gasteiger charge is -2.12. The van der Waals surface area contributed by atoms with Gasteiger partial charge in [-0.3, -0.25) is 4.79 Å². The standard InChI is InChI=1S/C24H17F3N2O3S/c1-31-22-10-15(2-7-21(22)32-12-14-8-17(26)11-18(27)9-14)24-29-20(13-33-24)23(30)28-19-5-3-16(25)4-6-19/h2-11,13H,12H2,1H3,(H,28,30). The Kier molecular flexibility index (Phi) is 6.60. The van der Waals surface area contributed by atoms with E-state index in [9.17, 15) is 18.0 Å². The Morgan fingerprint density at radius 1 is 0.939 bits per heavy atom. The van der Waals surface area contributed by atoms with Crippen molar-refractivity contribution in [1.82, 2.24) is 4.98 Å².